The van der Waals surface area contributed by atoms with Crippen molar-refractivity contribution < 1.29 is 4.79 Å². The minimum Gasteiger partial charge on any atom is -0.366 e. The van der Waals surface area contributed by atoms with Crippen molar-refractivity contribution in [1.29, 1.82) is 5.41 Å². The summed E-state index contributed by atoms with van der Waals surface area (Å²) in [4.78, 5) is 24.3. The van der Waals surface area contributed by atoms with Gasteiger partial charge in [0.15, 0.2) is 0 Å². The van der Waals surface area contributed by atoms with Crippen molar-refractivity contribution >= 4 is 29.7 Å². The van der Waals surface area contributed by atoms with E-state index in [9.17, 15) is 9.59 Å². The van der Waals surface area contributed by atoms with Gasteiger partial charge in [0, 0.05) is 30.0 Å². The largest absolute Gasteiger partial charge is 0.366 e. The van der Waals surface area contributed by atoms with Gasteiger partial charge in [0.05, 0.1) is 5.03 Å². The molecular formula is C18H20N4O2S. The van der Waals surface area contributed by atoms with Crippen molar-refractivity contribution in [3.63, 3.8) is 0 Å². The molecule has 1 heterocycles. The third kappa shape index (κ3) is 3.66. The lowest BCUT2D eigenvalue weighted by Crippen LogP contribution is -2.23. The van der Waals surface area contributed by atoms with Crippen LogP contribution >= 0.6 is 11.8 Å². The monoisotopic (exact) mass is 356 g/mol. The van der Waals surface area contributed by atoms with Crippen LogP contribution in [0.3, 0.4) is 0 Å². The number of hydrogen-bond donors (Lipinski definition) is 3. The van der Waals surface area contributed by atoms with Crippen LogP contribution in [0.4, 0.5) is 5.82 Å². The summed E-state index contributed by atoms with van der Waals surface area (Å²) in [5.41, 5.74) is 7.84. The number of nitrogens with zero attached hydrogens (tertiary/aromatic N) is 1. The molecule has 4 N–H and O–H groups in total. The van der Waals surface area contributed by atoms with Gasteiger partial charge in [0.25, 0.3) is 5.56 Å². The van der Waals surface area contributed by atoms with Crippen molar-refractivity contribution in [1.82, 2.24) is 4.57 Å². The van der Waals surface area contributed by atoms with Crippen molar-refractivity contribution in [2.24, 2.45) is 12.8 Å². The Kier molecular flexibility index (Phi) is 5.48. The number of aryl methyl sites for hydroxylation is 1. The van der Waals surface area contributed by atoms with E-state index in [0.29, 0.717) is 33.1 Å². The summed E-state index contributed by atoms with van der Waals surface area (Å²) in [5.74, 6) is -0.0632. The van der Waals surface area contributed by atoms with E-state index in [4.69, 9.17) is 11.1 Å². The second-order valence-corrected chi connectivity index (χ2v) is 6.42. The van der Waals surface area contributed by atoms with Crippen LogP contribution in [0, 0.1) is 12.3 Å². The number of primary amides is 1. The van der Waals surface area contributed by atoms with E-state index >= 15 is 0 Å². The fourth-order valence-corrected chi connectivity index (χ4v) is 2.67. The smallest absolute Gasteiger partial charge is 0.259 e. The lowest BCUT2D eigenvalue weighted by atomic mass is 9.97. The number of carbonyl (C=O) groups is 1. The zero-order valence-corrected chi connectivity index (χ0v) is 15.2. The molecule has 0 saturated carbocycles. The number of thioether (sulfide) groups is 1. The molecule has 1 aromatic carbocycles. The molecule has 1 amide bonds. The van der Waals surface area contributed by atoms with Gasteiger partial charge in [-0.3, -0.25) is 14.2 Å². The molecule has 0 aliphatic carbocycles. The Morgan fingerprint density at radius 1 is 1.36 bits per heavy atom. The molecule has 130 valence electrons. The minimum atomic E-state index is -0.556. The van der Waals surface area contributed by atoms with Crippen molar-refractivity contribution in [2.45, 2.75) is 6.92 Å². The number of nitrogens with one attached hydrogen (secondary N) is 2. The van der Waals surface area contributed by atoms with Gasteiger partial charge in [-0.1, -0.05) is 12.6 Å². The molecule has 2 rings (SSSR count). The number of aromatic nitrogens is 1. The molecule has 0 spiro atoms. The molecule has 0 radical (unpaired) electrons. The van der Waals surface area contributed by atoms with E-state index in [1.54, 1.807) is 31.3 Å². The Morgan fingerprint density at radius 2 is 2.04 bits per heavy atom. The number of nitrogens with two attached hydrogens (primary N) is 1. The van der Waals surface area contributed by atoms with Crippen LogP contribution < -0.4 is 16.6 Å². The molecule has 0 fully saturated rings. The summed E-state index contributed by atoms with van der Waals surface area (Å²) in [6.07, 6.45) is 3.04. The molecule has 0 saturated heterocycles. The quantitative estimate of drug-likeness (QED) is 0.693. The molecule has 0 aliphatic rings. The highest BCUT2D eigenvalue weighted by Crippen LogP contribution is 2.26. The van der Waals surface area contributed by atoms with Gasteiger partial charge in [0.2, 0.25) is 5.91 Å². The Balaban J connectivity index is 2.73. The predicted molar refractivity (Wildman–Crippen MR) is 105 cm³/mol. The van der Waals surface area contributed by atoms with Crippen LogP contribution in [0.2, 0.25) is 0 Å². The number of pyridine rings is 1. The molecule has 0 bridgehead atoms. The standard InChI is InChI=1S/C18H20N4O2S/c1-10-5-6-12(16(20)23)7-14(10)15-8-13(9-19)17(21-11(2)25-4)22(3)18(15)24/h5-9,19,21H,2H2,1,3-4H3,(H2,20,23). The Hall–Kier alpha value is -2.80. The summed E-state index contributed by atoms with van der Waals surface area (Å²) in [6.45, 7) is 5.70. The highest BCUT2D eigenvalue weighted by molar-refractivity contribution is 8.02. The zero-order valence-electron chi connectivity index (χ0n) is 14.3. The van der Waals surface area contributed by atoms with E-state index in [-0.39, 0.29) is 5.56 Å². The number of benzene rings is 1. The highest BCUT2D eigenvalue weighted by atomic mass is 32.2. The topological polar surface area (TPSA) is 101 Å². The average Bonchev–Trinajstić information content (AvgIpc) is 2.59. The molecule has 25 heavy (non-hydrogen) atoms. The van der Waals surface area contributed by atoms with Gasteiger partial charge in [-0.25, -0.2) is 0 Å². The van der Waals surface area contributed by atoms with Gasteiger partial charge >= 0.3 is 0 Å². The summed E-state index contributed by atoms with van der Waals surface area (Å²) >= 11 is 1.41. The molecular weight excluding hydrogens is 336 g/mol. The number of anilines is 1. The number of amides is 1. The van der Waals surface area contributed by atoms with Crippen LogP contribution in [0.25, 0.3) is 11.1 Å². The molecule has 0 atom stereocenters. The van der Waals surface area contributed by atoms with Crippen LogP contribution in [0.15, 0.2) is 40.7 Å². The lowest BCUT2D eigenvalue weighted by Gasteiger charge is -2.17. The van der Waals surface area contributed by atoms with E-state index < -0.39 is 5.91 Å². The summed E-state index contributed by atoms with van der Waals surface area (Å²) in [6, 6.07) is 6.62. The number of rotatable bonds is 6. The van der Waals surface area contributed by atoms with Gasteiger partial charge in [-0.05, 0) is 42.5 Å². The fourth-order valence-electron chi connectivity index (χ4n) is 2.47. The van der Waals surface area contributed by atoms with Gasteiger partial charge in [-0.2, -0.15) is 0 Å². The fraction of sp³-hybridized carbons (Fsp3) is 0.167. The third-order valence-electron chi connectivity index (χ3n) is 3.92. The Bertz CT molecular complexity index is 931. The maximum absolute atomic E-state index is 12.9. The normalized spacial score (nSPS) is 10.4. The third-order valence-corrected chi connectivity index (χ3v) is 4.51. The molecule has 6 nitrogen and oxygen atoms in total. The van der Waals surface area contributed by atoms with Gasteiger partial charge < -0.3 is 16.5 Å². The van der Waals surface area contributed by atoms with Crippen LogP contribution in [-0.2, 0) is 7.05 Å². The predicted octanol–water partition coefficient (Wildman–Crippen LogP) is 2.70. The minimum absolute atomic E-state index is 0.244. The molecule has 7 heteroatoms. The Morgan fingerprint density at radius 3 is 2.60 bits per heavy atom. The van der Waals surface area contributed by atoms with Crippen LogP contribution in [0.5, 0.6) is 0 Å². The molecule has 0 aliphatic heterocycles. The zero-order chi connectivity index (χ0) is 18.7. The average molecular weight is 356 g/mol. The SMILES string of the molecule is C=C(Nc1c(C=N)cc(-c2cc(C(N)=O)ccc2C)c(=O)n1C)SC. The molecule has 1 aromatic heterocycles. The van der Waals surface area contributed by atoms with Crippen molar-refractivity contribution in [2.75, 3.05) is 11.6 Å². The summed E-state index contributed by atoms with van der Waals surface area (Å²) < 4.78 is 1.44. The number of hydrogen-bond acceptors (Lipinski definition) is 5. The van der Waals surface area contributed by atoms with E-state index in [1.807, 2.05) is 13.2 Å². The van der Waals surface area contributed by atoms with E-state index in [1.165, 1.54) is 22.5 Å². The molecule has 0 unspecified atom stereocenters. The lowest BCUT2D eigenvalue weighted by molar-refractivity contribution is 0.100. The summed E-state index contributed by atoms with van der Waals surface area (Å²) in [7, 11) is 1.63. The van der Waals surface area contributed by atoms with E-state index in [2.05, 4.69) is 11.9 Å². The van der Waals surface area contributed by atoms with Gasteiger partial charge in [-0.15, -0.1) is 11.8 Å². The highest BCUT2D eigenvalue weighted by Gasteiger charge is 2.16. The second-order valence-electron chi connectivity index (χ2n) is 5.52. The van der Waals surface area contributed by atoms with Crippen LogP contribution in [-0.4, -0.2) is 22.9 Å². The van der Waals surface area contributed by atoms with E-state index in [0.717, 1.165) is 5.56 Å². The first-order chi connectivity index (χ1) is 11.8. The molecule has 2 aromatic rings. The maximum Gasteiger partial charge on any atom is 0.259 e. The second kappa shape index (κ2) is 7.40. The Labute approximate surface area is 150 Å². The first kappa shape index (κ1) is 18.5. The van der Waals surface area contributed by atoms with Gasteiger partial charge in [0.1, 0.15) is 5.82 Å². The first-order valence-electron chi connectivity index (χ1n) is 7.45. The maximum atomic E-state index is 12.9. The number of carbonyl (C=O) groups excluding carboxylic acids is 1. The van der Waals surface area contributed by atoms with Crippen LogP contribution in [0.1, 0.15) is 21.5 Å². The first-order valence-corrected chi connectivity index (χ1v) is 8.67. The van der Waals surface area contributed by atoms with Crippen molar-refractivity contribution in [3.8, 4) is 11.1 Å². The summed E-state index contributed by atoms with van der Waals surface area (Å²) in [5, 5.41) is 11.4. The van der Waals surface area contributed by atoms with Crippen molar-refractivity contribution in [3.05, 3.63) is 62.9 Å².